The largest absolute Gasteiger partial charge is 0.481 e. The van der Waals surface area contributed by atoms with Gasteiger partial charge in [0.25, 0.3) is 5.65 Å². The zero-order valence-electron chi connectivity index (χ0n) is 28.9. The predicted octanol–water partition coefficient (Wildman–Crippen LogP) is 0.663. The first-order valence-electron chi connectivity index (χ1n) is 17.1. The van der Waals surface area contributed by atoms with Crippen molar-refractivity contribution in [2.45, 2.75) is 76.7 Å². The van der Waals surface area contributed by atoms with Gasteiger partial charge in [0, 0.05) is 36.6 Å². The van der Waals surface area contributed by atoms with Crippen molar-refractivity contribution < 1.29 is 38.3 Å². The molecular formula is C36H45N8O7+. The van der Waals surface area contributed by atoms with E-state index in [9.17, 15) is 33.9 Å². The molecule has 51 heavy (non-hydrogen) atoms. The maximum absolute atomic E-state index is 14.2. The topological polar surface area (TPSA) is 199 Å². The molecule has 1 aliphatic heterocycles. The predicted molar refractivity (Wildman–Crippen MR) is 186 cm³/mol. The Labute approximate surface area is 294 Å². The van der Waals surface area contributed by atoms with Crippen LogP contribution >= 0.6 is 0 Å². The number of carbonyl (C=O) groups excluding carboxylic acids is 5. The summed E-state index contributed by atoms with van der Waals surface area (Å²) in [6.45, 7) is 3.65. The van der Waals surface area contributed by atoms with E-state index >= 15 is 0 Å². The number of rotatable bonds is 10. The summed E-state index contributed by atoms with van der Waals surface area (Å²) in [5, 5.41) is 20.8. The van der Waals surface area contributed by atoms with Gasteiger partial charge >= 0.3 is 5.97 Å². The number of imidazole rings is 1. The summed E-state index contributed by atoms with van der Waals surface area (Å²) >= 11 is 0. The van der Waals surface area contributed by atoms with E-state index in [-0.39, 0.29) is 12.8 Å². The van der Waals surface area contributed by atoms with Crippen molar-refractivity contribution in [2.24, 2.45) is 5.92 Å². The van der Waals surface area contributed by atoms with Gasteiger partial charge in [0.15, 0.2) is 0 Å². The molecule has 1 aliphatic rings. The first-order chi connectivity index (χ1) is 24.4. The smallest absolute Gasteiger partial charge is 0.305 e. The van der Waals surface area contributed by atoms with E-state index < -0.39 is 78.6 Å². The number of carboxylic acid groups (broad SMARTS) is 1. The van der Waals surface area contributed by atoms with Crippen molar-refractivity contribution in [3.8, 4) is 0 Å². The van der Waals surface area contributed by atoms with Crippen LogP contribution in [0.2, 0.25) is 0 Å². The second kappa shape index (κ2) is 16.3. The quantitative estimate of drug-likeness (QED) is 0.103. The maximum atomic E-state index is 14.2. The molecule has 4 atom stereocenters. The van der Waals surface area contributed by atoms with Gasteiger partial charge in [0.2, 0.25) is 29.5 Å². The standard InChI is InChI=1S/C36H44N8O7/c1-22(2)32-35(50)40-26(12-6-8-14-43-16-17-44-15-9-7-13-30(43)44)33(48)38-21-29(45)39-27(19-31(46)47)34(49)41-28(36(51)42(32)3)18-23-20-37-25-11-5-4-10-24(23)25/h4-5,7,9-11,13,15-17,20,22,26-28,32,37H,6,8,12,14,18-19,21H2,1-3H3,(H4-,38,39,40,41,45,46,47,48,49,50)/p+1/t26?,27-,28+,32-/m0/s1. The second-order valence-corrected chi connectivity index (χ2v) is 13.2. The molecule has 5 rings (SSSR count). The number of amides is 5. The number of nitrogens with one attached hydrogen (secondary N) is 5. The van der Waals surface area contributed by atoms with Gasteiger partial charge < -0.3 is 36.3 Å². The summed E-state index contributed by atoms with van der Waals surface area (Å²) in [5.74, 6) is -5.23. The molecule has 270 valence electrons. The molecule has 0 radical (unpaired) electrons. The Kier molecular flexibility index (Phi) is 11.7. The second-order valence-electron chi connectivity index (χ2n) is 13.2. The summed E-state index contributed by atoms with van der Waals surface area (Å²) in [4.78, 5) is 84.3. The van der Waals surface area contributed by atoms with E-state index in [0.29, 0.717) is 24.9 Å². The van der Waals surface area contributed by atoms with Gasteiger partial charge in [-0.15, -0.1) is 0 Å². The number of H-pyrrole nitrogens is 1. The van der Waals surface area contributed by atoms with Crippen LogP contribution in [0.3, 0.4) is 0 Å². The number of unbranched alkanes of at least 4 members (excludes halogenated alkanes) is 1. The van der Waals surface area contributed by atoms with Gasteiger partial charge in [-0.3, -0.25) is 28.8 Å². The lowest BCUT2D eigenvalue weighted by Gasteiger charge is -2.34. The highest BCUT2D eigenvalue weighted by atomic mass is 16.4. The van der Waals surface area contributed by atoms with Crippen LogP contribution in [0.4, 0.5) is 0 Å². The number of hydrogen-bond donors (Lipinski definition) is 6. The number of aromatic nitrogens is 3. The van der Waals surface area contributed by atoms with Gasteiger partial charge in [0.1, 0.15) is 36.6 Å². The number of aliphatic carboxylic acids is 1. The Balaban J connectivity index is 1.40. The minimum absolute atomic E-state index is 0.0109. The van der Waals surface area contributed by atoms with Crippen LogP contribution in [0.25, 0.3) is 16.6 Å². The van der Waals surface area contributed by atoms with Crippen LogP contribution in [0.5, 0.6) is 0 Å². The number of likely N-dealkylation sites (N-methyl/N-ethyl adjacent to an activating group) is 1. The molecule has 15 heteroatoms. The molecule has 1 unspecified atom stereocenters. The SMILES string of the molecule is CC(C)[C@H]1C(=O)NC(CCCCn2cc[n+]3ccccc23)C(=O)NCC(=O)N[C@@H](CC(=O)O)C(=O)N[C@H](Cc2c[nH]c3ccccc23)C(=O)N1C. The minimum Gasteiger partial charge on any atom is -0.481 e. The number of hydrogen-bond acceptors (Lipinski definition) is 6. The Bertz CT molecular complexity index is 1920. The summed E-state index contributed by atoms with van der Waals surface area (Å²) in [5.41, 5.74) is 2.53. The van der Waals surface area contributed by atoms with Gasteiger partial charge in [0.05, 0.1) is 25.7 Å². The first-order valence-corrected chi connectivity index (χ1v) is 17.1. The molecular weight excluding hydrogens is 656 g/mol. The average Bonchev–Trinajstić information content (AvgIpc) is 3.70. The fourth-order valence-corrected chi connectivity index (χ4v) is 6.61. The maximum Gasteiger partial charge on any atom is 0.305 e. The lowest BCUT2D eigenvalue weighted by Crippen LogP contribution is -2.59. The highest BCUT2D eigenvalue weighted by Crippen LogP contribution is 2.21. The van der Waals surface area contributed by atoms with Crippen LogP contribution in [-0.2, 0) is 41.7 Å². The van der Waals surface area contributed by atoms with Crippen LogP contribution in [0, 0.1) is 5.92 Å². The summed E-state index contributed by atoms with van der Waals surface area (Å²) in [7, 11) is 1.46. The van der Waals surface area contributed by atoms with E-state index in [1.807, 2.05) is 65.5 Å². The fraction of sp³-hybridized carbons (Fsp3) is 0.417. The monoisotopic (exact) mass is 701 g/mol. The molecule has 1 aromatic carbocycles. The van der Waals surface area contributed by atoms with Crippen molar-refractivity contribution in [1.29, 1.82) is 0 Å². The van der Waals surface area contributed by atoms with Gasteiger partial charge in [-0.2, -0.15) is 0 Å². The van der Waals surface area contributed by atoms with E-state index in [2.05, 4.69) is 30.8 Å². The highest BCUT2D eigenvalue weighted by molar-refractivity contribution is 5.98. The Morgan fingerprint density at radius 3 is 2.41 bits per heavy atom. The fourth-order valence-electron chi connectivity index (χ4n) is 6.61. The van der Waals surface area contributed by atoms with Crippen LogP contribution in [-0.4, -0.2) is 92.8 Å². The number of aromatic amines is 1. The van der Waals surface area contributed by atoms with Gasteiger partial charge in [-0.1, -0.05) is 38.1 Å². The molecule has 0 spiro atoms. The third-order valence-electron chi connectivity index (χ3n) is 9.18. The zero-order valence-corrected chi connectivity index (χ0v) is 28.9. The molecule has 4 aromatic rings. The normalized spacial score (nSPS) is 21.2. The average molecular weight is 702 g/mol. The van der Waals surface area contributed by atoms with Crippen LogP contribution in [0.15, 0.2) is 67.3 Å². The lowest BCUT2D eigenvalue weighted by atomic mass is 9.98. The van der Waals surface area contributed by atoms with Crippen molar-refractivity contribution in [1.82, 2.24) is 35.7 Å². The number of fused-ring (bicyclic) bond motifs is 2. The third kappa shape index (κ3) is 8.90. The minimum atomic E-state index is -1.54. The van der Waals surface area contributed by atoms with E-state index in [4.69, 9.17) is 0 Å². The van der Waals surface area contributed by atoms with Crippen LogP contribution < -0.4 is 25.7 Å². The summed E-state index contributed by atoms with van der Waals surface area (Å²) < 4.78 is 4.09. The van der Waals surface area contributed by atoms with E-state index in [1.54, 1.807) is 20.0 Å². The Morgan fingerprint density at radius 1 is 0.902 bits per heavy atom. The third-order valence-corrected chi connectivity index (χ3v) is 9.18. The van der Waals surface area contributed by atoms with Gasteiger partial charge in [-0.05, 0) is 42.9 Å². The van der Waals surface area contributed by atoms with Crippen molar-refractivity contribution in [3.63, 3.8) is 0 Å². The van der Waals surface area contributed by atoms with Gasteiger partial charge in [-0.25, -0.2) is 8.97 Å². The number of benzene rings is 1. The van der Waals surface area contributed by atoms with Crippen LogP contribution in [0.1, 0.15) is 45.1 Å². The first kappa shape index (κ1) is 36.5. The Morgan fingerprint density at radius 2 is 1.65 bits per heavy atom. The highest BCUT2D eigenvalue weighted by Gasteiger charge is 2.37. The molecule has 15 nitrogen and oxygen atoms in total. The molecule has 1 saturated heterocycles. The molecule has 3 aromatic heterocycles. The number of pyridine rings is 1. The molecule has 0 bridgehead atoms. The van der Waals surface area contributed by atoms with E-state index in [0.717, 1.165) is 16.6 Å². The van der Waals surface area contributed by atoms with Crippen molar-refractivity contribution >= 4 is 52.1 Å². The number of para-hydroxylation sites is 1. The van der Waals surface area contributed by atoms with Crippen molar-refractivity contribution in [2.75, 3.05) is 13.6 Å². The molecule has 5 amide bonds. The Hall–Kier alpha value is -5.73. The number of carboxylic acids is 1. The molecule has 0 aliphatic carbocycles. The molecule has 1 fully saturated rings. The molecule has 4 heterocycles. The summed E-state index contributed by atoms with van der Waals surface area (Å²) in [6.07, 6.45) is 8.33. The van der Waals surface area contributed by atoms with Crippen molar-refractivity contribution in [3.05, 3.63) is 72.8 Å². The summed E-state index contributed by atoms with van der Waals surface area (Å²) in [6, 6.07) is 8.48. The lowest BCUT2D eigenvalue weighted by molar-refractivity contribution is -0.510. The number of carbonyl (C=O) groups is 6. The van der Waals surface area contributed by atoms with E-state index in [1.165, 1.54) is 11.9 Å². The molecule has 0 saturated carbocycles. The number of aryl methyl sites for hydroxylation is 1. The molecule has 6 N–H and O–H groups in total. The number of nitrogens with zero attached hydrogens (tertiary/aromatic N) is 3. The zero-order chi connectivity index (χ0) is 36.7.